The largest absolute Gasteiger partial charge is 0.483 e. The molecule has 1 aromatic heterocycles. The van der Waals surface area contributed by atoms with Gasteiger partial charge in [-0.15, -0.1) is 10.2 Å². The van der Waals surface area contributed by atoms with Crippen LogP contribution in [-0.2, 0) is 11.2 Å². The van der Waals surface area contributed by atoms with Gasteiger partial charge in [-0.3, -0.25) is 10.1 Å². The summed E-state index contributed by atoms with van der Waals surface area (Å²) in [7, 11) is 0. The smallest absolute Gasteiger partial charge is 0.264 e. The van der Waals surface area contributed by atoms with Crippen LogP contribution in [0.3, 0.4) is 0 Å². The molecule has 0 atom stereocenters. The van der Waals surface area contributed by atoms with Crippen LogP contribution in [0.2, 0.25) is 0 Å². The number of benzene rings is 1. The highest BCUT2D eigenvalue weighted by Crippen LogP contribution is 2.18. The molecule has 21 heavy (non-hydrogen) atoms. The van der Waals surface area contributed by atoms with Gasteiger partial charge in [0, 0.05) is 6.42 Å². The monoisotopic (exact) mass is 306 g/mol. The summed E-state index contributed by atoms with van der Waals surface area (Å²) in [5, 5.41) is 12.0. The maximum absolute atomic E-state index is 11.8. The molecule has 0 fully saturated rings. The lowest BCUT2D eigenvalue weighted by Gasteiger charge is -2.07. The summed E-state index contributed by atoms with van der Waals surface area (Å²) in [5.74, 6) is 0.452. The van der Waals surface area contributed by atoms with Crippen LogP contribution in [0.5, 0.6) is 5.75 Å². The molecule has 0 spiro atoms. The van der Waals surface area contributed by atoms with E-state index in [1.54, 1.807) is 0 Å². The lowest BCUT2D eigenvalue weighted by molar-refractivity contribution is -0.118. The van der Waals surface area contributed by atoms with Gasteiger partial charge in [-0.2, -0.15) is 0 Å². The van der Waals surface area contributed by atoms with Crippen LogP contribution in [0.1, 0.15) is 17.0 Å². The molecular formula is C14H18N4O2S. The number of amides is 1. The highest BCUT2D eigenvalue weighted by molar-refractivity contribution is 7.15. The molecule has 1 amide bonds. The zero-order valence-corrected chi connectivity index (χ0v) is 12.7. The van der Waals surface area contributed by atoms with Crippen LogP contribution in [0, 0.1) is 6.92 Å². The van der Waals surface area contributed by atoms with Crippen molar-refractivity contribution in [1.82, 2.24) is 10.2 Å². The number of carbonyl (C=O) groups excluding carboxylic acids is 1. The van der Waals surface area contributed by atoms with Gasteiger partial charge in [-0.1, -0.05) is 29.5 Å². The van der Waals surface area contributed by atoms with E-state index in [1.165, 1.54) is 11.3 Å². The normalized spacial score (nSPS) is 10.4. The van der Waals surface area contributed by atoms with E-state index in [2.05, 4.69) is 15.5 Å². The van der Waals surface area contributed by atoms with Crippen LogP contribution in [0.4, 0.5) is 5.13 Å². The van der Waals surface area contributed by atoms with Crippen molar-refractivity contribution >= 4 is 22.4 Å². The van der Waals surface area contributed by atoms with Gasteiger partial charge in [0.2, 0.25) is 5.13 Å². The van der Waals surface area contributed by atoms with Crippen molar-refractivity contribution in [3.63, 3.8) is 0 Å². The fourth-order valence-electron chi connectivity index (χ4n) is 1.68. The number of rotatable bonds is 7. The molecule has 0 aliphatic rings. The first kappa shape index (κ1) is 15.4. The molecule has 0 saturated carbocycles. The molecule has 7 heteroatoms. The summed E-state index contributed by atoms with van der Waals surface area (Å²) in [6.07, 6.45) is 1.64. The number of carbonyl (C=O) groups is 1. The molecule has 6 nitrogen and oxygen atoms in total. The van der Waals surface area contributed by atoms with E-state index in [9.17, 15) is 4.79 Å². The van der Waals surface area contributed by atoms with Gasteiger partial charge in [0.1, 0.15) is 10.8 Å². The highest BCUT2D eigenvalue weighted by atomic mass is 32.1. The third kappa shape index (κ3) is 4.80. The van der Waals surface area contributed by atoms with Crippen LogP contribution in [0.15, 0.2) is 24.3 Å². The maximum atomic E-state index is 11.8. The van der Waals surface area contributed by atoms with Crippen molar-refractivity contribution in [2.45, 2.75) is 19.8 Å². The second kappa shape index (κ2) is 7.70. The predicted octanol–water partition coefficient (Wildman–Crippen LogP) is 1.76. The van der Waals surface area contributed by atoms with Crippen molar-refractivity contribution in [1.29, 1.82) is 0 Å². The minimum atomic E-state index is -0.250. The first-order valence-electron chi connectivity index (χ1n) is 6.70. The second-order valence-electron chi connectivity index (χ2n) is 4.50. The minimum absolute atomic E-state index is 0.0530. The van der Waals surface area contributed by atoms with Crippen LogP contribution < -0.4 is 15.8 Å². The quantitative estimate of drug-likeness (QED) is 0.813. The third-order valence-corrected chi connectivity index (χ3v) is 3.66. The molecule has 0 unspecified atom stereocenters. The summed E-state index contributed by atoms with van der Waals surface area (Å²) in [6, 6.07) is 7.56. The zero-order valence-electron chi connectivity index (χ0n) is 11.8. The molecule has 1 aromatic carbocycles. The summed E-state index contributed by atoms with van der Waals surface area (Å²) in [4.78, 5) is 11.8. The first-order chi connectivity index (χ1) is 10.2. The van der Waals surface area contributed by atoms with E-state index < -0.39 is 0 Å². The zero-order chi connectivity index (χ0) is 15.1. The highest BCUT2D eigenvalue weighted by Gasteiger charge is 2.09. The molecule has 0 aliphatic heterocycles. The number of ether oxygens (including phenoxy) is 1. The summed E-state index contributed by atoms with van der Waals surface area (Å²) in [5.41, 5.74) is 6.43. The van der Waals surface area contributed by atoms with Crippen LogP contribution >= 0.6 is 11.3 Å². The lowest BCUT2D eigenvalue weighted by atomic mass is 10.2. The van der Waals surface area contributed by atoms with Crippen molar-refractivity contribution in [2.24, 2.45) is 5.73 Å². The van der Waals surface area contributed by atoms with Gasteiger partial charge in [0.25, 0.3) is 5.91 Å². The van der Waals surface area contributed by atoms with E-state index in [0.29, 0.717) is 17.4 Å². The molecular weight excluding hydrogens is 288 g/mol. The van der Waals surface area contributed by atoms with E-state index in [4.69, 9.17) is 10.5 Å². The average Bonchev–Trinajstić information content (AvgIpc) is 2.91. The number of anilines is 1. The third-order valence-electron chi connectivity index (χ3n) is 2.76. The van der Waals surface area contributed by atoms with Crippen molar-refractivity contribution in [3.05, 3.63) is 34.8 Å². The Morgan fingerprint density at radius 1 is 1.38 bits per heavy atom. The van der Waals surface area contributed by atoms with E-state index in [1.807, 2.05) is 31.2 Å². The topological polar surface area (TPSA) is 90.1 Å². The summed E-state index contributed by atoms with van der Waals surface area (Å²) < 4.78 is 5.47. The molecule has 112 valence electrons. The Bertz CT molecular complexity index is 600. The molecule has 0 aliphatic carbocycles. The van der Waals surface area contributed by atoms with Crippen molar-refractivity contribution in [2.75, 3.05) is 18.5 Å². The summed E-state index contributed by atoms with van der Waals surface area (Å²) >= 11 is 1.36. The van der Waals surface area contributed by atoms with E-state index >= 15 is 0 Å². The molecule has 1 heterocycles. The number of hydrogen-bond acceptors (Lipinski definition) is 6. The van der Waals surface area contributed by atoms with Gasteiger partial charge < -0.3 is 10.5 Å². The van der Waals surface area contributed by atoms with Crippen LogP contribution in [0.25, 0.3) is 0 Å². The number of nitrogens with zero attached hydrogens (tertiary/aromatic N) is 2. The Labute approximate surface area is 127 Å². The molecule has 2 aromatic rings. The minimum Gasteiger partial charge on any atom is -0.483 e. The lowest BCUT2D eigenvalue weighted by Crippen LogP contribution is -2.20. The van der Waals surface area contributed by atoms with E-state index in [-0.39, 0.29) is 12.5 Å². The number of aromatic nitrogens is 2. The first-order valence-corrected chi connectivity index (χ1v) is 7.51. The van der Waals surface area contributed by atoms with Crippen LogP contribution in [-0.4, -0.2) is 29.3 Å². The Morgan fingerprint density at radius 3 is 2.95 bits per heavy atom. The fraction of sp³-hybridized carbons (Fsp3) is 0.357. The van der Waals surface area contributed by atoms with E-state index in [0.717, 1.165) is 23.4 Å². The van der Waals surface area contributed by atoms with Gasteiger partial charge in [0.15, 0.2) is 6.61 Å². The number of nitrogens with one attached hydrogen (secondary N) is 1. The Kier molecular flexibility index (Phi) is 5.65. The van der Waals surface area contributed by atoms with Gasteiger partial charge >= 0.3 is 0 Å². The number of nitrogens with two attached hydrogens (primary N) is 1. The number of aryl methyl sites for hydroxylation is 2. The number of para-hydroxylation sites is 1. The summed E-state index contributed by atoms with van der Waals surface area (Å²) in [6.45, 7) is 2.50. The molecule has 3 N–H and O–H groups in total. The Balaban J connectivity index is 1.82. The standard InChI is InChI=1S/C14H18N4O2S/c1-10-5-2-3-6-11(10)20-9-12(19)16-14-18-17-13(21-14)7-4-8-15/h2-3,5-6H,4,7-9,15H2,1H3,(H,16,18,19). The Hall–Kier alpha value is -1.99. The fourth-order valence-corrected chi connectivity index (χ4v) is 2.47. The maximum Gasteiger partial charge on any atom is 0.264 e. The molecule has 2 rings (SSSR count). The predicted molar refractivity (Wildman–Crippen MR) is 82.6 cm³/mol. The average molecular weight is 306 g/mol. The molecule has 0 saturated heterocycles. The molecule has 0 bridgehead atoms. The van der Waals surface area contributed by atoms with Gasteiger partial charge in [0.05, 0.1) is 0 Å². The van der Waals surface area contributed by atoms with Crippen molar-refractivity contribution in [3.8, 4) is 5.75 Å². The second-order valence-corrected chi connectivity index (χ2v) is 5.56. The SMILES string of the molecule is Cc1ccccc1OCC(=O)Nc1nnc(CCCN)s1. The van der Waals surface area contributed by atoms with Crippen molar-refractivity contribution < 1.29 is 9.53 Å². The Morgan fingerprint density at radius 2 is 2.19 bits per heavy atom. The molecule has 0 radical (unpaired) electrons. The van der Waals surface area contributed by atoms with Gasteiger partial charge in [-0.05, 0) is 31.5 Å². The van der Waals surface area contributed by atoms with Gasteiger partial charge in [-0.25, -0.2) is 0 Å². The number of hydrogen-bond donors (Lipinski definition) is 2.